The number of hydrogen-bond donors (Lipinski definition) is 2. The van der Waals surface area contributed by atoms with Gasteiger partial charge in [0.15, 0.2) is 0 Å². The first kappa shape index (κ1) is 22.5. The lowest BCUT2D eigenvalue weighted by Gasteiger charge is -2.16. The lowest BCUT2D eigenvalue weighted by atomic mass is 10.1. The van der Waals surface area contributed by atoms with E-state index in [-0.39, 0.29) is 17.2 Å². The molecule has 0 saturated heterocycles. The van der Waals surface area contributed by atoms with Crippen LogP contribution >= 0.6 is 0 Å². The third-order valence-corrected chi connectivity index (χ3v) is 5.58. The number of nitrogens with zero attached hydrogens (tertiary/aromatic N) is 3. The van der Waals surface area contributed by atoms with Gasteiger partial charge in [0.2, 0.25) is 10.0 Å². The van der Waals surface area contributed by atoms with Crippen LogP contribution < -0.4 is 9.62 Å². The van der Waals surface area contributed by atoms with Crippen LogP contribution in [0.3, 0.4) is 0 Å². The van der Waals surface area contributed by atoms with Gasteiger partial charge in [-0.2, -0.15) is 15.0 Å². The molecule has 2 rings (SSSR count). The summed E-state index contributed by atoms with van der Waals surface area (Å²) in [6.45, 7) is 3.66. The largest absolute Gasteiger partial charge is 0.480 e. The van der Waals surface area contributed by atoms with E-state index in [4.69, 9.17) is 0 Å². The second-order valence-corrected chi connectivity index (χ2v) is 8.96. The van der Waals surface area contributed by atoms with Crippen molar-refractivity contribution in [1.29, 1.82) is 0 Å². The van der Waals surface area contributed by atoms with Gasteiger partial charge in [0, 0.05) is 19.8 Å². The van der Waals surface area contributed by atoms with Gasteiger partial charge in [0.1, 0.15) is 6.04 Å². The number of rotatable bonds is 9. The number of sulfonamides is 1. The number of carbonyl (C=O) groups is 1. The Morgan fingerprint density at radius 3 is 1.90 bits per heavy atom. The van der Waals surface area contributed by atoms with Gasteiger partial charge in [-0.15, -0.1) is 0 Å². The molecule has 156 valence electrons. The minimum absolute atomic E-state index is 0.0261. The molecule has 0 spiro atoms. The lowest BCUT2D eigenvalue weighted by molar-refractivity contribution is -0.139. The van der Waals surface area contributed by atoms with Crippen LogP contribution in [-0.2, 0) is 14.8 Å². The molecule has 2 aromatic carbocycles. The molecule has 1 atom stereocenters. The van der Waals surface area contributed by atoms with Crippen LogP contribution in [0.4, 0.5) is 17.1 Å². The smallest absolute Gasteiger partial charge is 0.321 e. The molecule has 0 fully saturated rings. The number of carboxylic acids is 1. The van der Waals surface area contributed by atoms with Crippen molar-refractivity contribution >= 4 is 33.1 Å². The predicted molar refractivity (Wildman–Crippen MR) is 113 cm³/mol. The molecule has 0 heterocycles. The van der Waals surface area contributed by atoms with Gasteiger partial charge in [-0.3, -0.25) is 4.79 Å². The van der Waals surface area contributed by atoms with Gasteiger partial charge in [-0.1, -0.05) is 13.8 Å². The molecule has 2 N–H and O–H groups in total. The van der Waals surface area contributed by atoms with Crippen LogP contribution in [0.25, 0.3) is 0 Å². The number of hydrogen-bond acceptors (Lipinski definition) is 6. The fourth-order valence-corrected chi connectivity index (χ4v) is 3.75. The fraction of sp³-hybridized carbons (Fsp3) is 0.350. The van der Waals surface area contributed by atoms with E-state index in [2.05, 4.69) is 15.0 Å². The van der Waals surface area contributed by atoms with Gasteiger partial charge in [0.25, 0.3) is 0 Å². The van der Waals surface area contributed by atoms with Gasteiger partial charge in [-0.05, 0) is 60.9 Å². The Bertz CT molecular complexity index is 953. The molecule has 0 aliphatic rings. The first-order chi connectivity index (χ1) is 13.6. The molecular weight excluding hydrogens is 392 g/mol. The SMILES string of the molecule is CC(C)C[C@H](NS(=O)(=O)c1ccc(N=Nc2ccc(N(C)C)cc2)cc1)C(=O)O. The highest BCUT2D eigenvalue weighted by atomic mass is 32.2. The maximum Gasteiger partial charge on any atom is 0.321 e. The summed E-state index contributed by atoms with van der Waals surface area (Å²) < 4.78 is 27.2. The second kappa shape index (κ2) is 9.62. The highest BCUT2D eigenvalue weighted by molar-refractivity contribution is 7.89. The topological polar surface area (TPSA) is 111 Å². The maximum atomic E-state index is 12.5. The van der Waals surface area contributed by atoms with Crippen LogP contribution in [0, 0.1) is 5.92 Å². The fourth-order valence-electron chi connectivity index (χ4n) is 2.55. The van der Waals surface area contributed by atoms with E-state index in [0.717, 1.165) is 5.69 Å². The predicted octanol–water partition coefficient (Wildman–Crippen LogP) is 3.95. The van der Waals surface area contributed by atoms with E-state index >= 15 is 0 Å². The number of aliphatic carboxylic acids is 1. The molecule has 29 heavy (non-hydrogen) atoms. The van der Waals surface area contributed by atoms with Crippen molar-refractivity contribution in [3.8, 4) is 0 Å². The van der Waals surface area contributed by atoms with E-state index in [0.29, 0.717) is 11.4 Å². The van der Waals surface area contributed by atoms with Crippen molar-refractivity contribution in [3.63, 3.8) is 0 Å². The van der Waals surface area contributed by atoms with E-state index < -0.39 is 22.0 Å². The number of anilines is 1. The van der Waals surface area contributed by atoms with E-state index in [9.17, 15) is 18.3 Å². The molecular formula is C20H26N4O4S. The van der Waals surface area contributed by atoms with Gasteiger partial charge < -0.3 is 10.0 Å². The number of azo groups is 1. The highest BCUT2D eigenvalue weighted by Crippen LogP contribution is 2.22. The molecule has 2 aromatic rings. The Morgan fingerprint density at radius 1 is 1.00 bits per heavy atom. The minimum atomic E-state index is -3.95. The van der Waals surface area contributed by atoms with Crippen molar-refractivity contribution in [2.45, 2.75) is 31.2 Å². The quantitative estimate of drug-likeness (QED) is 0.599. The molecule has 0 bridgehead atoms. The molecule has 0 unspecified atom stereocenters. The van der Waals surface area contributed by atoms with Gasteiger partial charge in [-0.25, -0.2) is 8.42 Å². The number of benzene rings is 2. The third-order valence-electron chi connectivity index (χ3n) is 4.10. The van der Waals surface area contributed by atoms with Crippen molar-refractivity contribution in [3.05, 3.63) is 48.5 Å². The molecule has 0 aliphatic heterocycles. The van der Waals surface area contributed by atoms with Crippen molar-refractivity contribution in [2.24, 2.45) is 16.1 Å². The summed E-state index contributed by atoms with van der Waals surface area (Å²) in [6.07, 6.45) is 0.202. The van der Waals surface area contributed by atoms with Crippen LogP contribution in [0.2, 0.25) is 0 Å². The maximum absolute atomic E-state index is 12.5. The van der Waals surface area contributed by atoms with E-state index in [1.54, 1.807) is 0 Å². The van der Waals surface area contributed by atoms with Crippen molar-refractivity contribution < 1.29 is 18.3 Å². The van der Waals surface area contributed by atoms with Crippen molar-refractivity contribution in [2.75, 3.05) is 19.0 Å². The summed E-state index contributed by atoms with van der Waals surface area (Å²) in [5.41, 5.74) is 2.20. The zero-order chi connectivity index (χ0) is 21.6. The Hall–Kier alpha value is -2.78. The molecule has 0 radical (unpaired) electrons. The Kier molecular flexibility index (Phi) is 7.46. The first-order valence-electron chi connectivity index (χ1n) is 9.13. The summed E-state index contributed by atoms with van der Waals surface area (Å²) in [6, 6.07) is 12.1. The Labute approximate surface area is 171 Å². The molecule has 0 aliphatic carbocycles. The zero-order valence-electron chi connectivity index (χ0n) is 16.9. The molecule has 0 amide bonds. The average molecular weight is 419 g/mol. The highest BCUT2D eigenvalue weighted by Gasteiger charge is 2.26. The van der Waals surface area contributed by atoms with Crippen LogP contribution in [0.5, 0.6) is 0 Å². The summed E-state index contributed by atoms with van der Waals surface area (Å²) in [7, 11) is -0.0609. The summed E-state index contributed by atoms with van der Waals surface area (Å²) in [5.74, 6) is -1.17. The molecule has 9 heteroatoms. The summed E-state index contributed by atoms with van der Waals surface area (Å²) in [5, 5.41) is 17.5. The van der Waals surface area contributed by atoms with Crippen molar-refractivity contribution in [1.82, 2.24) is 4.72 Å². The van der Waals surface area contributed by atoms with Crippen LogP contribution in [0.15, 0.2) is 63.7 Å². The number of nitrogens with one attached hydrogen (secondary N) is 1. The molecule has 0 aromatic heterocycles. The third kappa shape index (κ3) is 6.65. The van der Waals surface area contributed by atoms with E-state index in [1.165, 1.54) is 24.3 Å². The molecule has 0 saturated carbocycles. The molecule has 8 nitrogen and oxygen atoms in total. The van der Waals surface area contributed by atoms with Gasteiger partial charge in [0.05, 0.1) is 16.3 Å². The normalized spacial score (nSPS) is 13.0. The summed E-state index contributed by atoms with van der Waals surface area (Å²) >= 11 is 0. The Balaban J connectivity index is 2.11. The van der Waals surface area contributed by atoms with Crippen LogP contribution in [-0.4, -0.2) is 39.6 Å². The number of carboxylic acid groups (broad SMARTS) is 1. The van der Waals surface area contributed by atoms with Crippen LogP contribution in [0.1, 0.15) is 20.3 Å². The second-order valence-electron chi connectivity index (χ2n) is 7.25. The standard InChI is InChI=1S/C20H26N4O4S/c1-14(2)13-19(20(25)26)23-29(27,28)18-11-7-16(8-12-18)22-21-15-5-9-17(10-6-15)24(3)4/h5-12,14,19,23H,13H2,1-4H3,(H,25,26)/t19-/m0/s1. The minimum Gasteiger partial charge on any atom is -0.480 e. The lowest BCUT2D eigenvalue weighted by Crippen LogP contribution is -2.41. The zero-order valence-corrected chi connectivity index (χ0v) is 17.7. The van der Waals surface area contributed by atoms with E-state index in [1.807, 2.05) is 57.1 Å². The Morgan fingerprint density at radius 2 is 1.48 bits per heavy atom. The van der Waals surface area contributed by atoms with Gasteiger partial charge >= 0.3 is 5.97 Å². The first-order valence-corrected chi connectivity index (χ1v) is 10.6. The average Bonchev–Trinajstić information content (AvgIpc) is 2.66. The monoisotopic (exact) mass is 418 g/mol. The summed E-state index contributed by atoms with van der Waals surface area (Å²) in [4.78, 5) is 13.3.